The van der Waals surface area contributed by atoms with Crippen molar-refractivity contribution in [3.05, 3.63) is 195 Å². The van der Waals surface area contributed by atoms with Crippen molar-refractivity contribution in [1.82, 2.24) is 19.9 Å². The van der Waals surface area contributed by atoms with Gasteiger partial charge in [0.05, 0.1) is 0 Å². The van der Waals surface area contributed by atoms with Crippen LogP contribution in [0, 0.1) is 0 Å². The molecule has 0 saturated heterocycles. The molecule has 0 aliphatic heterocycles. The number of benzene rings is 11. The van der Waals surface area contributed by atoms with E-state index >= 15 is 0 Å². The zero-order valence-electron chi connectivity index (χ0n) is 32.3. The molecule has 60 heavy (non-hydrogen) atoms. The summed E-state index contributed by atoms with van der Waals surface area (Å²) in [5.74, 6) is 1.31. The lowest BCUT2D eigenvalue weighted by Crippen LogP contribution is -1.96. The first-order chi connectivity index (χ1) is 29.7. The number of nitrogens with zero attached hydrogens (tertiary/aromatic N) is 4. The van der Waals surface area contributed by atoms with E-state index in [9.17, 15) is 0 Å². The van der Waals surface area contributed by atoms with Gasteiger partial charge in [-0.15, -0.1) is 0 Å². The average molecular weight is 761 g/mol. The van der Waals surface area contributed by atoms with Crippen LogP contribution in [0.2, 0.25) is 0 Å². The topological polar surface area (TPSA) is 51.6 Å². The molecule has 0 atom stereocenters. The summed E-state index contributed by atoms with van der Waals surface area (Å²) in [4.78, 5) is 19.0. The Morgan fingerprint density at radius 1 is 0.300 bits per heavy atom. The normalized spacial score (nSPS) is 12.0. The monoisotopic (exact) mass is 760 g/mol. The van der Waals surface area contributed by atoms with Crippen LogP contribution in [0.5, 0.6) is 0 Å². The van der Waals surface area contributed by atoms with Crippen molar-refractivity contribution < 1.29 is 0 Å². The van der Waals surface area contributed by atoms with Gasteiger partial charge < -0.3 is 0 Å². The van der Waals surface area contributed by atoms with Gasteiger partial charge in [-0.2, -0.15) is 0 Å². The van der Waals surface area contributed by atoms with Crippen molar-refractivity contribution in [2.24, 2.45) is 0 Å². The Balaban J connectivity index is 1.00. The molecule has 11 aromatic carbocycles. The van der Waals surface area contributed by atoms with Gasteiger partial charge in [0.25, 0.3) is 0 Å². The van der Waals surface area contributed by atoms with E-state index in [2.05, 4.69) is 181 Å². The molecular weight excluding hydrogens is 729 g/mol. The van der Waals surface area contributed by atoms with Crippen molar-refractivity contribution in [1.29, 1.82) is 0 Å². The predicted molar refractivity (Wildman–Crippen MR) is 251 cm³/mol. The lowest BCUT2D eigenvalue weighted by Gasteiger charge is -2.17. The molecule has 276 valence electrons. The summed E-state index contributed by atoms with van der Waals surface area (Å²) in [6.07, 6.45) is 5.45. The Morgan fingerprint density at radius 3 is 1.70 bits per heavy atom. The second kappa shape index (κ2) is 12.7. The van der Waals surface area contributed by atoms with Gasteiger partial charge in [0.15, 0.2) is 11.6 Å². The van der Waals surface area contributed by atoms with Crippen LogP contribution in [0.4, 0.5) is 0 Å². The van der Waals surface area contributed by atoms with Crippen molar-refractivity contribution in [3.63, 3.8) is 0 Å². The molecule has 13 aromatic rings. The summed E-state index contributed by atoms with van der Waals surface area (Å²) >= 11 is 0. The standard InChI is InChI=1S/C56H32N4/c1-2-10-40-33(9-1)21-22-46-41-11-3-6-14-44(41)53(30-50(40)46)56-59-32-58-55(60-56)37-19-17-34-27-51-49(28-39(34)26-37)42-12-4-5-13-43(42)52-29-48(45-15-7-8-16-47(45)54(51)52)36-18-20-38-31-57-24-23-35(38)25-36/h1-32H. The molecule has 0 amide bonds. The van der Waals surface area contributed by atoms with E-state index in [1.807, 2.05) is 12.4 Å². The number of hydrogen-bond donors (Lipinski definition) is 0. The van der Waals surface area contributed by atoms with Crippen LogP contribution >= 0.6 is 0 Å². The number of rotatable bonds is 3. The molecule has 2 aromatic heterocycles. The highest BCUT2D eigenvalue weighted by atomic mass is 15.0. The average Bonchev–Trinajstić information content (AvgIpc) is 3.32. The number of pyridine rings is 1. The van der Waals surface area contributed by atoms with Crippen molar-refractivity contribution >= 4 is 97.0 Å². The van der Waals surface area contributed by atoms with Crippen molar-refractivity contribution in [3.8, 4) is 33.9 Å². The third-order valence-corrected chi connectivity index (χ3v) is 12.6. The Kier molecular flexibility index (Phi) is 6.98. The zero-order chi connectivity index (χ0) is 39.3. The largest absolute Gasteiger partial charge is 0.264 e. The third-order valence-electron chi connectivity index (χ3n) is 12.6. The first-order valence-corrected chi connectivity index (χ1v) is 20.3. The first kappa shape index (κ1) is 32.9. The maximum atomic E-state index is 5.17. The van der Waals surface area contributed by atoms with E-state index in [-0.39, 0.29) is 0 Å². The van der Waals surface area contributed by atoms with Gasteiger partial charge in [-0.1, -0.05) is 133 Å². The van der Waals surface area contributed by atoms with E-state index < -0.39 is 0 Å². The fourth-order valence-electron chi connectivity index (χ4n) is 9.80. The molecule has 2 heterocycles. The SMILES string of the molecule is c1ccc2c(c1)ccc1c3ccccc3c(-c3ncnc(-c4ccc5cc6c(cc5c4)c4ccccc4c4cc(-c5ccc7cnccc7c5)c5ccccc5c46)n3)cc21. The minimum Gasteiger partial charge on any atom is -0.264 e. The molecule has 0 bridgehead atoms. The molecule has 0 aliphatic rings. The van der Waals surface area contributed by atoms with Crippen molar-refractivity contribution in [2.75, 3.05) is 0 Å². The summed E-state index contributed by atoms with van der Waals surface area (Å²) < 4.78 is 0. The van der Waals surface area contributed by atoms with Gasteiger partial charge in [-0.25, -0.2) is 15.0 Å². The highest BCUT2D eigenvalue weighted by Gasteiger charge is 2.18. The minimum absolute atomic E-state index is 0.649. The second-order valence-corrected chi connectivity index (χ2v) is 15.8. The summed E-state index contributed by atoms with van der Waals surface area (Å²) in [7, 11) is 0. The maximum absolute atomic E-state index is 5.17. The van der Waals surface area contributed by atoms with Gasteiger partial charge in [0.2, 0.25) is 0 Å². The second-order valence-electron chi connectivity index (χ2n) is 15.8. The molecule has 13 rings (SSSR count). The summed E-state index contributed by atoms with van der Waals surface area (Å²) in [5.41, 5.74) is 4.38. The molecule has 0 unspecified atom stereocenters. The van der Waals surface area contributed by atoms with Crippen LogP contribution < -0.4 is 0 Å². The van der Waals surface area contributed by atoms with Gasteiger partial charge in [0.1, 0.15) is 6.33 Å². The van der Waals surface area contributed by atoms with Gasteiger partial charge in [-0.05, 0) is 145 Å². The molecule has 0 radical (unpaired) electrons. The molecule has 4 heteroatoms. The quantitative estimate of drug-likeness (QED) is 0.133. The van der Waals surface area contributed by atoms with Crippen LogP contribution in [0.15, 0.2) is 195 Å². The van der Waals surface area contributed by atoms with Crippen LogP contribution in [0.25, 0.3) is 131 Å². The highest BCUT2D eigenvalue weighted by Crippen LogP contribution is 2.45. The summed E-state index contributed by atoms with van der Waals surface area (Å²) in [6, 6.07) is 64.1. The number of hydrogen-bond acceptors (Lipinski definition) is 4. The van der Waals surface area contributed by atoms with Crippen molar-refractivity contribution in [2.45, 2.75) is 0 Å². The third kappa shape index (κ3) is 4.91. The van der Waals surface area contributed by atoms with E-state index in [0.29, 0.717) is 11.6 Å². The lowest BCUT2D eigenvalue weighted by atomic mass is 9.86. The summed E-state index contributed by atoms with van der Waals surface area (Å²) in [5, 5.41) is 21.7. The molecular formula is C56H32N4. The van der Waals surface area contributed by atoms with Crippen LogP contribution in [0.3, 0.4) is 0 Å². The van der Waals surface area contributed by atoms with E-state index in [4.69, 9.17) is 15.0 Å². The highest BCUT2D eigenvalue weighted by molar-refractivity contribution is 6.34. The number of aromatic nitrogens is 4. The molecule has 4 nitrogen and oxygen atoms in total. The Hall–Kier alpha value is -8.08. The van der Waals surface area contributed by atoms with Crippen LogP contribution in [-0.2, 0) is 0 Å². The van der Waals surface area contributed by atoms with Gasteiger partial charge in [0, 0.05) is 28.9 Å². The Morgan fingerprint density at radius 2 is 0.850 bits per heavy atom. The van der Waals surface area contributed by atoms with Gasteiger partial charge >= 0.3 is 0 Å². The zero-order valence-corrected chi connectivity index (χ0v) is 32.3. The summed E-state index contributed by atoms with van der Waals surface area (Å²) in [6.45, 7) is 0. The lowest BCUT2D eigenvalue weighted by molar-refractivity contribution is 1.07. The predicted octanol–water partition coefficient (Wildman–Crippen LogP) is 14.6. The molecule has 0 spiro atoms. The van der Waals surface area contributed by atoms with E-state index in [1.54, 1.807) is 6.33 Å². The number of fused-ring (bicyclic) bond motifs is 15. The fourth-order valence-corrected chi connectivity index (χ4v) is 9.80. The van der Waals surface area contributed by atoms with E-state index in [1.165, 1.54) is 91.9 Å². The van der Waals surface area contributed by atoms with Gasteiger partial charge in [-0.3, -0.25) is 4.98 Å². The Labute approximate surface area is 344 Å². The smallest absolute Gasteiger partial charge is 0.164 e. The Bertz CT molecular complexity index is 3960. The molecule has 0 saturated carbocycles. The minimum atomic E-state index is 0.649. The maximum Gasteiger partial charge on any atom is 0.164 e. The molecule has 0 N–H and O–H groups in total. The molecule has 0 fully saturated rings. The molecule has 0 aliphatic carbocycles. The first-order valence-electron chi connectivity index (χ1n) is 20.3. The van der Waals surface area contributed by atoms with Crippen LogP contribution in [0.1, 0.15) is 0 Å². The fraction of sp³-hybridized carbons (Fsp3) is 0. The van der Waals surface area contributed by atoms with E-state index in [0.717, 1.165) is 27.3 Å². The van der Waals surface area contributed by atoms with Crippen LogP contribution in [-0.4, -0.2) is 19.9 Å².